The van der Waals surface area contributed by atoms with Gasteiger partial charge in [-0.2, -0.15) is 0 Å². The number of sulfonamides is 1. The standard InChI is InChI=1S/C27H30N2O3S/c1-17-8-9-18(2)25(14-17)29-33(31,32)26-16-24(11-10-19(26)3)27(30)28-20(4)22-13-12-21-6-5-7-23(21)15-22/h8-16,20,29H,5-7H2,1-4H3,(H,28,30)/t20-/m1/s1. The number of hydrogen-bond donors (Lipinski definition) is 2. The molecule has 0 heterocycles. The Morgan fingerprint density at radius 3 is 2.39 bits per heavy atom. The van der Waals surface area contributed by atoms with Crippen LogP contribution in [0.5, 0.6) is 0 Å². The lowest BCUT2D eigenvalue weighted by atomic mass is 10.0. The van der Waals surface area contributed by atoms with Gasteiger partial charge in [0.05, 0.1) is 16.6 Å². The van der Waals surface area contributed by atoms with Crippen molar-refractivity contribution in [2.75, 3.05) is 4.72 Å². The lowest BCUT2D eigenvalue weighted by Crippen LogP contribution is -2.27. The molecule has 0 unspecified atom stereocenters. The van der Waals surface area contributed by atoms with E-state index in [2.05, 4.69) is 28.2 Å². The molecule has 0 aromatic heterocycles. The monoisotopic (exact) mass is 462 g/mol. The maximum atomic E-state index is 13.2. The highest BCUT2D eigenvalue weighted by molar-refractivity contribution is 7.92. The van der Waals surface area contributed by atoms with E-state index in [4.69, 9.17) is 0 Å². The zero-order valence-electron chi connectivity index (χ0n) is 19.5. The van der Waals surface area contributed by atoms with Crippen LogP contribution in [-0.4, -0.2) is 14.3 Å². The van der Waals surface area contributed by atoms with Gasteiger partial charge < -0.3 is 5.32 Å². The fourth-order valence-electron chi connectivity index (χ4n) is 4.30. The third-order valence-corrected chi connectivity index (χ3v) is 7.85. The fourth-order valence-corrected chi connectivity index (χ4v) is 5.69. The number of carbonyl (C=O) groups is 1. The lowest BCUT2D eigenvalue weighted by Gasteiger charge is -2.17. The van der Waals surface area contributed by atoms with Gasteiger partial charge in [0.1, 0.15) is 0 Å². The number of nitrogens with one attached hydrogen (secondary N) is 2. The Kier molecular flexibility index (Phi) is 6.30. The van der Waals surface area contributed by atoms with E-state index in [9.17, 15) is 13.2 Å². The number of rotatable bonds is 6. The first-order valence-corrected chi connectivity index (χ1v) is 12.8. The predicted molar refractivity (Wildman–Crippen MR) is 132 cm³/mol. The molecule has 1 aliphatic rings. The third-order valence-electron chi connectivity index (χ3n) is 6.35. The zero-order chi connectivity index (χ0) is 23.8. The number of hydrogen-bond acceptors (Lipinski definition) is 3. The minimum Gasteiger partial charge on any atom is -0.346 e. The summed E-state index contributed by atoms with van der Waals surface area (Å²) in [5.41, 5.74) is 7.03. The molecule has 3 aromatic rings. The van der Waals surface area contributed by atoms with Crippen molar-refractivity contribution >= 4 is 21.6 Å². The van der Waals surface area contributed by atoms with Crippen molar-refractivity contribution in [3.8, 4) is 0 Å². The lowest BCUT2D eigenvalue weighted by molar-refractivity contribution is 0.0939. The summed E-state index contributed by atoms with van der Waals surface area (Å²) >= 11 is 0. The van der Waals surface area contributed by atoms with E-state index in [1.165, 1.54) is 23.6 Å². The van der Waals surface area contributed by atoms with E-state index >= 15 is 0 Å². The average Bonchev–Trinajstić information content (AvgIpc) is 3.24. The second kappa shape index (κ2) is 9.02. The highest BCUT2D eigenvalue weighted by atomic mass is 32.2. The highest BCUT2D eigenvalue weighted by Crippen LogP contribution is 2.27. The van der Waals surface area contributed by atoms with Crippen LogP contribution >= 0.6 is 0 Å². The van der Waals surface area contributed by atoms with Crippen molar-refractivity contribution in [3.05, 3.63) is 93.5 Å². The van der Waals surface area contributed by atoms with Crippen LogP contribution in [0.1, 0.15) is 63.1 Å². The van der Waals surface area contributed by atoms with Crippen molar-refractivity contribution in [1.82, 2.24) is 5.32 Å². The molecule has 6 heteroatoms. The van der Waals surface area contributed by atoms with Gasteiger partial charge in [-0.3, -0.25) is 9.52 Å². The molecule has 5 nitrogen and oxygen atoms in total. The number of fused-ring (bicyclic) bond motifs is 1. The minimum atomic E-state index is -3.86. The van der Waals surface area contributed by atoms with Crippen molar-refractivity contribution < 1.29 is 13.2 Å². The molecule has 1 amide bonds. The van der Waals surface area contributed by atoms with Crippen LogP contribution in [0.25, 0.3) is 0 Å². The Balaban J connectivity index is 1.56. The Morgan fingerprint density at radius 1 is 0.879 bits per heavy atom. The molecule has 2 N–H and O–H groups in total. The number of benzene rings is 3. The molecule has 1 atom stereocenters. The topological polar surface area (TPSA) is 75.3 Å². The van der Waals surface area contributed by atoms with Crippen molar-refractivity contribution in [3.63, 3.8) is 0 Å². The number of amides is 1. The number of aryl methyl sites for hydroxylation is 5. The van der Waals surface area contributed by atoms with Crippen LogP contribution in [0.4, 0.5) is 5.69 Å². The zero-order valence-corrected chi connectivity index (χ0v) is 20.3. The van der Waals surface area contributed by atoms with Gasteiger partial charge in [0.15, 0.2) is 0 Å². The molecule has 0 bridgehead atoms. The van der Waals surface area contributed by atoms with Crippen LogP contribution in [-0.2, 0) is 22.9 Å². The van der Waals surface area contributed by atoms with Crippen molar-refractivity contribution in [1.29, 1.82) is 0 Å². The van der Waals surface area contributed by atoms with Crippen LogP contribution in [0.2, 0.25) is 0 Å². The van der Waals surface area contributed by atoms with Gasteiger partial charge >= 0.3 is 0 Å². The summed E-state index contributed by atoms with van der Waals surface area (Å²) in [7, 11) is -3.86. The molecule has 1 aliphatic carbocycles. The van der Waals surface area contributed by atoms with Gasteiger partial charge in [-0.05, 0) is 98.5 Å². The molecule has 0 spiro atoms. The van der Waals surface area contributed by atoms with Crippen LogP contribution in [0.3, 0.4) is 0 Å². The predicted octanol–water partition coefficient (Wildman–Crippen LogP) is 5.39. The summed E-state index contributed by atoms with van der Waals surface area (Å²) in [6.07, 6.45) is 3.37. The largest absolute Gasteiger partial charge is 0.346 e. The summed E-state index contributed by atoms with van der Waals surface area (Å²) in [5, 5.41) is 3.01. The van der Waals surface area contributed by atoms with E-state index in [1.807, 2.05) is 32.9 Å². The van der Waals surface area contributed by atoms with Crippen molar-refractivity contribution in [2.24, 2.45) is 0 Å². The van der Waals surface area contributed by atoms with Crippen LogP contribution < -0.4 is 10.0 Å². The second-order valence-electron chi connectivity index (χ2n) is 8.98. The molecule has 33 heavy (non-hydrogen) atoms. The normalized spacial score (nSPS) is 13.9. The molecule has 0 saturated heterocycles. The van der Waals surface area contributed by atoms with E-state index in [-0.39, 0.29) is 16.8 Å². The molecule has 0 saturated carbocycles. The molecular formula is C27H30N2O3S. The summed E-state index contributed by atoms with van der Waals surface area (Å²) in [4.78, 5) is 13.1. The van der Waals surface area contributed by atoms with E-state index in [1.54, 1.807) is 25.1 Å². The minimum absolute atomic E-state index is 0.0984. The van der Waals surface area contributed by atoms with E-state index < -0.39 is 10.0 Å². The Bertz CT molecular complexity index is 1330. The summed E-state index contributed by atoms with van der Waals surface area (Å²) < 4.78 is 29.0. The molecule has 0 aliphatic heterocycles. The smallest absolute Gasteiger partial charge is 0.262 e. The molecule has 172 valence electrons. The average molecular weight is 463 g/mol. The molecule has 3 aromatic carbocycles. The number of anilines is 1. The van der Waals surface area contributed by atoms with Gasteiger partial charge in [-0.15, -0.1) is 0 Å². The van der Waals surface area contributed by atoms with Crippen LogP contribution in [0.15, 0.2) is 59.5 Å². The van der Waals surface area contributed by atoms with E-state index in [0.717, 1.165) is 29.5 Å². The molecule has 4 rings (SSSR count). The van der Waals surface area contributed by atoms with Gasteiger partial charge in [-0.25, -0.2) is 8.42 Å². The Hall–Kier alpha value is -3.12. The van der Waals surface area contributed by atoms with Gasteiger partial charge in [0.25, 0.3) is 15.9 Å². The third kappa shape index (κ3) is 4.96. The van der Waals surface area contributed by atoms with Gasteiger partial charge in [0, 0.05) is 5.56 Å². The van der Waals surface area contributed by atoms with Crippen molar-refractivity contribution in [2.45, 2.75) is 57.9 Å². The van der Waals surface area contributed by atoms with Crippen LogP contribution in [0, 0.1) is 20.8 Å². The second-order valence-corrected chi connectivity index (χ2v) is 10.6. The maximum Gasteiger partial charge on any atom is 0.262 e. The maximum absolute atomic E-state index is 13.2. The summed E-state index contributed by atoms with van der Waals surface area (Å²) in [6, 6.07) is 16.6. The van der Waals surface area contributed by atoms with Gasteiger partial charge in [0.2, 0.25) is 0 Å². The quantitative estimate of drug-likeness (QED) is 0.516. The molecular weight excluding hydrogens is 432 g/mol. The summed E-state index contributed by atoms with van der Waals surface area (Å²) in [5.74, 6) is -0.300. The fraction of sp³-hybridized carbons (Fsp3) is 0.296. The first-order chi connectivity index (χ1) is 15.6. The Labute approximate surface area is 196 Å². The SMILES string of the molecule is Cc1ccc(C)c(NS(=O)(=O)c2cc(C(=O)N[C@H](C)c3ccc4c(c3)CCC4)ccc2C)c1. The first-order valence-electron chi connectivity index (χ1n) is 11.3. The Morgan fingerprint density at radius 2 is 1.61 bits per heavy atom. The van der Waals surface area contributed by atoms with E-state index in [0.29, 0.717) is 16.8 Å². The molecule has 0 fully saturated rings. The molecule has 0 radical (unpaired) electrons. The number of carbonyl (C=O) groups excluding carboxylic acids is 1. The van der Waals surface area contributed by atoms with Gasteiger partial charge in [-0.1, -0.05) is 36.4 Å². The highest BCUT2D eigenvalue weighted by Gasteiger charge is 2.21. The first kappa shape index (κ1) is 23.1. The summed E-state index contributed by atoms with van der Waals surface area (Å²) in [6.45, 7) is 7.44.